The van der Waals surface area contributed by atoms with Crippen LogP contribution in [0.3, 0.4) is 0 Å². The fourth-order valence-corrected chi connectivity index (χ4v) is 3.41. The Bertz CT molecular complexity index is 951. The molecule has 12 heteroatoms. The summed E-state index contributed by atoms with van der Waals surface area (Å²) in [7, 11) is 0. The number of carbonyl (C=O) groups excluding carboxylic acids is 1. The number of halogens is 3. The van der Waals surface area contributed by atoms with Gasteiger partial charge < -0.3 is 15.0 Å². The van der Waals surface area contributed by atoms with Crippen LogP contribution in [0.25, 0.3) is 0 Å². The number of hydrogen-bond donors (Lipinski definition) is 2. The SMILES string of the molecule is CC(C)NC(=O)Cc1cn2c(n1)C(C)N(Cc1cnn(C(C)C)c1)CC2.O=C(O)C(F)(F)F. The number of alkyl halides is 3. The third-order valence-electron chi connectivity index (χ3n) is 5.01. The predicted octanol–water partition coefficient (Wildman–Crippen LogP) is 2.94. The van der Waals surface area contributed by atoms with Gasteiger partial charge in [0.05, 0.1) is 24.4 Å². The van der Waals surface area contributed by atoms with Crippen molar-refractivity contribution in [3.63, 3.8) is 0 Å². The van der Waals surface area contributed by atoms with Crippen LogP contribution >= 0.6 is 0 Å². The molecule has 0 aliphatic carbocycles. The van der Waals surface area contributed by atoms with Gasteiger partial charge in [0.1, 0.15) is 5.82 Å². The molecule has 0 saturated heterocycles. The molecular weight excluding hydrogens is 441 g/mol. The number of carbonyl (C=O) groups is 2. The topological polar surface area (TPSA) is 105 Å². The largest absolute Gasteiger partial charge is 0.490 e. The number of nitrogens with zero attached hydrogens (tertiary/aromatic N) is 5. The van der Waals surface area contributed by atoms with Gasteiger partial charge >= 0.3 is 12.1 Å². The van der Waals surface area contributed by atoms with Crippen LogP contribution in [0.1, 0.15) is 63.8 Å². The Balaban J connectivity index is 0.000000479. The van der Waals surface area contributed by atoms with Crippen LogP contribution in [0, 0.1) is 0 Å². The number of imidazole rings is 1. The molecule has 1 aliphatic heterocycles. The molecule has 1 amide bonds. The number of carboxylic acids is 1. The zero-order valence-electron chi connectivity index (χ0n) is 19.4. The Labute approximate surface area is 190 Å². The van der Waals surface area contributed by atoms with Crippen LogP contribution in [-0.2, 0) is 29.1 Å². The van der Waals surface area contributed by atoms with E-state index in [2.05, 4.69) is 46.9 Å². The van der Waals surface area contributed by atoms with Gasteiger partial charge in [0.25, 0.3) is 0 Å². The fourth-order valence-electron chi connectivity index (χ4n) is 3.41. The van der Waals surface area contributed by atoms with E-state index < -0.39 is 12.1 Å². The van der Waals surface area contributed by atoms with Crippen molar-refractivity contribution in [1.82, 2.24) is 29.5 Å². The second-order valence-electron chi connectivity index (χ2n) is 8.55. The lowest BCUT2D eigenvalue weighted by atomic mass is 10.2. The molecule has 0 bridgehead atoms. The molecule has 0 radical (unpaired) electrons. The smallest absolute Gasteiger partial charge is 0.475 e. The minimum atomic E-state index is -5.08. The zero-order chi connectivity index (χ0) is 24.9. The number of hydrogen-bond acceptors (Lipinski definition) is 5. The number of nitrogens with one attached hydrogen (secondary N) is 1. The van der Waals surface area contributed by atoms with Gasteiger partial charge in [0.15, 0.2) is 0 Å². The number of aliphatic carboxylic acids is 1. The summed E-state index contributed by atoms with van der Waals surface area (Å²) in [5.41, 5.74) is 2.07. The van der Waals surface area contributed by atoms with E-state index in [0.29, 0.717) is 12.5 Å². The van der Waals surface area contributed by atoms with E-state index in [-0.39, 0.29) is 18.0 Å². The Hall–Kier alpha value is -2.89. The van der Waals surface area contributed by atoms with Crippen molar-refractivity contribution >= 4 is 11.9 Å². The molecule has 3 heterocycles. The summed E-state index contributed by atoms with van der Waals surface area (Å²) in [4.78, 5) is 28.1. The third-order valence-corrected chi connectivity index (χ3v) is 5.01. The van der Waals surface area contributed by atoms with Crippen LogP contribution in [-0.4, -0.2) is 60.0 Å². The van der Waals surface area contributed by atoms with Crippen LogP contribution in [0.5, 0.6) is 0 Å². The van der Waals surface area contributed by atoms with Crippen molar-refractivity contribution in [2.45, 2.75) is 78.4 Å². The minimum Gasteiger partial charge on any atom is -0.475 e. The first-order chi connectivity index (χ1) is 15.3. The molecule has 2 aromatic heterocycles. The Morgan fingerprint density at radius 2 is 1.85 bits per heavy atom. The summed E-state index contributed by atoms with van der Waals surface area (Å²) in [6.45, 7) is 13.1. The number of rotatable bonds is 6. The van der Waals surface area contributed by atoms with E-state index in [1.54, 1.807) is 0 Å². The Morgan fingerprint density at radius 3 is 2.36 bits per heavy atom. The average molecular weight is 473 g/mol. The summed E-state index contributed by atoms with van der Waals surface area (Å²) in [5, 5.41) is 14.5. The summed E-state index contributed by atoms with van der Waals surface area (Å²) in [6.07, 6.45) is 1.36. The van der Waals surface area contributed by atoms with Crippen LogP contribution in [0.15, 0.2) is 18.6 Å². The lowest BCUT2D eigenvalue weighted by Crippen LogP contribution is -2.36. The van der Waals surface area contributed by atoms with Crippen molar-refractivity contribution in [1.29, 1.82) is 0 Å². The average Bonchev–Trinajstić information content (AvgIpc) is 3.30. The van der Waals surface area contributed by atoms with Crippen molar-refractivity contribution in [2.75, 3.05) is 6.54 Å². The van der Waals surface area contributed by atoms with E-state index in [1.807, 2.05) is 30.9 Å². The first kappa shape index (κ1) is 26.4. The van der Waals surface area contributed by atoms with E-state index in [1.165, 1.54) is 5.56 Å². The van der Waals surface area contributed by atoms with Gasteiger partial charge in [0.2, 0.25) is 5.91 Å². The van der Waals surface area contributed by atoms with Crippen molar-refractivity contribution in [2.24, 2.45) is 0 Å². The normalized spacial score (nSPS) is 16.4. The van der Waals surface area contributed by atoms with Gasteiger partial charge in [-0.05, 0) is 34.6 Å². The lowest BCUT2D eigenvalue weighted by molar-refractivity contribution is -0.192. The van der Waals surface area contributed by atoms with E-state index in [4.69, 9.17) is 14.9 Å². The molecule has 1 atom stereocenters. The first-order valence-corrected chi connectivity index (χ1v) is 10.7. The lowest BCUT2D eigenvalue weighted by Gasteiger charge is -2.33. The number of fused-ring (bicyclic) bond motifs is 1. The Morgan fingerprint density at radius 1 is 1.21 bits per heavy atom. The minimum absolute atomic E-state index is 0.0288. The Kier molecular flexibility index (Phi) is 8.64. The molecule has 2 N–H and O–H groups in total. The van der Waals surface area contributed by atoms with Gasteiger partial charge in [-0.2, -0.15) is 18.3 Å². The number of aromatic nitrogens is 4. The predicted molar refractivity (Wildman–Crippen MR) is 114 cm³/mol. The molecule has 0 spiro atoms. The third kappa shape index (κ3) is 7.58. The van der Waals surface area contributed by atoms with Gasteiger partial charge in [-0.25, -0.2) is 9.78 Å². The maximum Gasteiger partial charge on any atom is 0.490 e. The molecule has 3 rings (SSSR count). The monoisotopic (exact) mass is 472 g/mol. The maximum absolute atomic E-state index is 12.0. The highest BCUT2D eigenvalue weighted by molar-refractivity contribution is 5.78. The summed E-state index contributed by atoms with van der Waals surface area (Å²) < 4.78 is 35.9. The molecule has 0 fully saturated rings. The molecule has 2 aromatic rings. The highest BCUT2D eigenvalue weighted by Crippen LogP contribution is 2.26. The molecule has 0 aromatic carbocycles. The molecule has 1 unspecified atom stereocenters. The highest BCUT2D eigenvalue weighted by Gasteiger charge is 2.38. The number of carboxylic acid groups (broad SMARTS) is 1. The number of amides is 1. The van der Waals surface area contributed by atoms with Crippen molar-refractivity contribution in [3.05, 3.63) is 35.7 Å². The van der Waals surface area contributed by atoms with Gasteiger partial charge in [-0.15, -0.1) is 0 Å². The molecule has 9 nitrogen and oxygen atoms in total. The molecular formula is C21H31F3N6O3. The van der Waals surface area contributed by atoms with Gasteiger partial charge in [-0.1, -0.05) is 0 Å². The molecule has 184 valence electrons. The highest BCUT2D eigenvalue weighted by atomic mass is 19.4. The van der Waals surface area contributed by atoms with Crippen LogP contribution in [0.2, 0.25) is 0 Å². The van der Waals surface area contributed by atoms with Crippen molar-refractivity contribution < 1.29 is 27.9 Å². The molecule has 0 saturated carbocycles. The van der Waals surface area contributed by atoms with E-state index >= 15 is 0 Å². The summed E-state index contributed by atoms with van der Waals surface area (Å²) in [6, 6.07) is 0.745. The quantitative estimate of drug-likeness (QED) is 0.670. The standard InChI is InChI=1S/C19H30N6O.C2HF3O2/c1-13(2)21-18(26)8-17-12-24-7-6-23(15(5)19(24)22-17)10-16-9-20-25(11-16)14(3)4;3-2(4,5)1(6)7/h9,11-15H,6-8,10H2,1-5H3,(H,21,26);(H,6,7). The van der Waals surface area contributed by atoms with E-state index in [9.17, 15) is 18.0 Å². The van der Waals surface area contributed by atoms with Crippen LogP contribution in [0.4, 0.5) is 13.2 Å². The summed E-state index contributed by atoms with van der Waals surface area (Å²) >= 11 is 0. The van der Waals surface area contributed by atoms with Gasteiger partial charge in [0, 0.05) is 49.7 Å². The second kappa shape index (κ2) is 10.8. The van der Waals surface area contributed by atoms with Gasteiger partial charge in [-0.3, -0.25) is 14.4 Å². The van der Waals surface area contributed by atoms with E-state index in [0.717, 1.165) is 31.2 Å². The van der Waals surface area contributed by atoms with Crippen LogP contribution < -0.4 is 5.32 Å². The molecule has 1 aliphatic rings. The first-order valence-electron chi connectivity index (χ1n) is 10.7. The maximum atomic E-state index is 12.0. The zero-order valence-corrected chi connectivity index (χ0v) is 19.4. The molecule has 33 heavy (non-hydrogen) atoms. The fraction of sp³-hybridized carbons (Fsp3) is 0.619. The van der Waals surface area contributed by atoms with Crippen molar-refractivity contribution in [3.8, 4) is 0 Å². The summed E-state index contributed by atoms with van der Waals surface area (Å²) in [5.74, 6) is -1.69. The second-order valence-corrected chi connectivity index (χ2v) is 8.55.